The number of hydrogen-bond donors (Lipinski definition) is 2. The van der Waals surface area contributed by atoms with Gasteiger partial charge in [-0.1, -0.05) is 44.2 Å². The van der Waals surface area contributed by atoms with Crippen LogP contribution in [0.15, 0.2) is 30.3 Å². The summed E-state index contributed by atoms with van der Waals surface area (Å²) < 4.78 is 0. The van der Waals surface area contributed by atoms with E-state index in [0.717, 1.165) is 19.5 Å². The Morgan fingerprint density at radius 1 is 1.18 bits per heavy atom. The van der Waals surface area contributed by atoms with E-state index < -0.39 is 0 Å². The molecule has 0 aromatic heterocycles. The number of piperazine rings is 1. The highest BCUT2D eigenvalue weighted by molar-refractivity contribution is 5.16. The maximum Gasteiger partial charge on any atom is 0.0301 e. The number of benzene rings is 1. The van der Waals surface area contributed by atoms with Crippen molar-refractivity contribution < 1.29 is 0 Å². The van der Waals surface area contributed by atoms with E-state index >= 15 is 0 Å². The van der Waals surface area contributed by atoms with Crippen LogP contribution in [0.4, 0.5) is 0 Å². The highest BCUT2D eigenvalue weighted by Gasteiger charge is 2.30. The molecule has 1 aromatic carbocycles. The van der Waals surface area contributed by atoms with Crippen molar-refractivity contribution in [3.8, 4) is 0 Å². The molecule has 1 aromatic rings. The van der Waals surface area contributed by atoms with Crippen LogP contribution in [0, 0.1) is 0 Å². The molecule has 0 spiro atoms. The highest BCUT2D eigenvalue weighted by atomic mass is 15.1. The van der Waals surface area contributed by atoms with Crippen LogP contribution in [0.3, 0.4) is 0 Å². The molecule has 1 saturated heterocycles. The molecular formula is C15H24N2. The predicted octanol–water partition coefficient (Wildman–Crippen LogP) is 2.35. The monoisotopic (exact) mass is 232 g/mol. The summed E-state index contributed by atoms with van der Waals surface area (Å²) in [6, 6.07) is 11.3. The standard InChI is InChI=1S/C15H24N2/c1-3-15(4-2)12-16-14(11-17-15)10-13-8-6-5-7-9-13/h5-9,14,16-17H,3-4,10-12H2,1-2H3. The van der Waals surface area contributed by atoms with Crippen LogP contribution in [0.1, 0.15) is 32.3 Å². The van der Waals surface area contributed by atoms with Gasteiger partial charge in [-0.2, -0.15) is 0 Å². The summed E-state index contributed by atoms with van der Waals surface area (Å²) in [6.45, 7) is 6.72. The van der Waals surface area contributed by atoms with E-state index in [9.17, 15) is 0 Å². The molecule has 1 atom stereocenters. The molecule has 0 aliphatic carbocycles. The first-order valence-corrected chi connectivity index (χ1v) is 6.80. The summed E-state index contributed by atoms with van der Waals surface area (Å²) in [5.74, 6) is 0. The summed E-state index contributed by atoms with van der Waals surface area (Å²) in [6.07, 6.45) is 3.53. The average Bonchev–Trinajstić information content (AvgIpc) is 2.41. The molecule has 1 aliphatic heterocycles. The molecule has 94 valence electrons. The van der Waals surface area contributed by atoms with Crippen LogP contribution in [0.2, 0.25) is 0 Å². The third-order valence-corrected chi connectivity index (χ3v) is 4.13. The smallest absolute Gasteiger partial charge is 0.0301 e. The Balaban J connectivity index is 1.87. The van der Waals surface area contributed by atoms with Gasteiger partial charge in [0.25, 0.3) is 0 Å². The third-order valence-electron chi connectivity index (χ3n) is 4.13. The summed E-state index contributed by atoms with van der Waals surface area (Å²) in [7, 11) is 0. The van der Waals surface area contributed by atoms with E-state index in [0.29, 0.717) is 11.6 Å². The average molecular weight is 232 g/mol. The fourth-order valence-electron chi connectivity index (χ4n) is 2.61. The zero-order valence-corrected chi connectivity index (χ0v) is 11.0. The lowest BCUT2D eigenvalue weighted by Gasteiger charge is -2.41. The van der Waals surface area contributed by atoms with Gasteiger partial charge in [0.15, 0.2) is 0 Å². The molecule has 0 amide bonds. The van der Waals surface area contributed by atoms with Crippen molar-refractivity contribution in [3.05, 3.63) is 35.9 Å². The highest BCUT2D eigenvalue weighted by Crippen LogP contribution is 2.18. The molecule has 2 rings (SSSR count). The van der Waals surface area contributed by atoms with E-state index in [1.54, 1.807) is 0 Å². The van der Waals surface area contributed by atoms with Crippen LogP contribution in [-0.2, 0) is 6.42 Å². The van der Waals surface area contributed by atoms with Crippen molar-refractivity contribution >= 4 is 0 Å². The van der Waals surface area contributed by atoms with Gasteiger partial charge in [-0.15, -0.1) is 0 Å². The molecule has 0 radical (unpaired) electrons. The number of nitrogens with one attached hydrogen (secondary N) is 2. The normalized spacial score (nSPS) is 23.5. The second kappa shape index (κ2) is 5.65. The van der Waals surface area contributed by atoms with Crippen molar-refractivity contribution in [3.63, 3.8) is 0 Å². The van der Waals surface area contributed by atoms with Gasteiger partial charge in [-0.05, 0) is 24.8 Å². The van der Waals surface area contributed by atoms with Crippen molar-refractivity contribution in [2.75, 3.05) is 13.1 Å². The third kappa shape index (κ3) is 3.08. The summed E-state index contributed by atoms with van der Waals surface area (Å²) in [5, 5.41) is 7.44. The molecule has 0 saturated carbocycles. The number of rotatable bonds is 4. The van der Waals surface area contributed by atoms with Gasteiger partial charge >= 0.3 is 0 Å². The van der Waals surface area contributed by atoms with Gasteiger partial charge in [-0.25, -0.2) is 0 Å². The first-order valence-electron chi connectivity index (χ1n) is 6.80. The van der Waals surface area contributed by atoms with Gasteiger partial charge < -0.3 is 10.6 Å². The Morgan fingerprint density at radius 2 is 1.88 bits per heavy atom. The van der Waals surface area contributed by atoms with Gasteiger partial charge in [0, 0.05) is 24.7 Å². The lowest BCUT2D eigenvalue weighted by atomic mass is 9.89. The summed E-state index contributed by atoms with van der Waals surface area (Å²) in [4.78, 5) is 0. The summed E-state index contributed by atoms with van der Waals surface area (Å²) in [5.41, 5.74) is 1.75. The van der Waals surface area contributed by atoms with Crippen LogP contribution < -0.4 is 10.6 Å². The lowest BCUT2D eigenvalue weighted by Crippen LogP contribution is -2.62. The van der Waals surface area contributed by atoms with Gasteiger partial charge in [0.1, 0.15) is 0 Å². The molecular weight excluding hydrogens is 208 g/mol. The Labute approximate surface area is 105 Å². The minimum Gasteiger partial charge on any atom is -0.311 e. The first-order chi connectivity index (χ1) is 8.28. The van der Waals surface area contributed by atoms with Gasteiger partial charge in [0.05, 0.1) is 0 Å². The van der Waals surface area contributed by atoms with Gasteiger partial charge in [0.2, 0.25) is 0 Å². The molecule has 1 fully saturated rings. The minimum atomic E-state index is 0.327. The summed E-state index contributed by atoms with van der Waals surface area (Å²) >= 11 is 0. The first kappa shape index (κ1) is 12.6. The fraction of sp³-hybridized carbons (Fsp3) is 0.600. The van der Waals surface area contributed by atoms with E-state index in [4.69, 9.17) is 0 Å². The second-order valence-corrected chi connectivity index (χ2v) is 5.14. The molecule has 2 heteroatoms. The molecule has 0 bridgehead atoms. The van der Waals surface area contributed by atoms with Crippen LogP contribution in [0.25, 0.3) is 0 Å². The fourth-order valence-corrected chi connectivity index (χ4v) is 2.61. The number of hydrogen-bond acceptors (Lipinski definition) is 2. The molecule has 2 N–H and O–H groups in total. The van der Waals surface area contributed by atoms with E-state index in [-0.39, 0.29) is 0 Å². The van der Waals surface area contributed by atoms with Crippen molar-refractivity contribution in [2.24, 2.45) is 0 Å². The topological polar surface area (TPSA) is 24.1 Å². The van der Waals surface area contributed by atoms with Crippen molar-refractivity contribution in [1.29, 1.82) is 0 Å². The lowest BCUT2D eigenvalue weighted by molar-refractivity contribution is 0.219. The van der Waals surface area contributed by atoms with E-state index in [2.05, 4.69) is 54.8 Å². The van der Waals surface area contributed by atoms with Crippen LogP contribution in [-0.4, -0.2) is 24.7 Å². The molecule has 17 heavy (non-hydrogen) atoms. The molecule has 1 unspecified atom stereocenters. The predicted molar refractivity (Wildman–Crippen MR) is 73.3 cm³/mol. The molecule has 1 heterocycles. The maximum atomic E-state index is 3.74. The molecule has 1 aliphatic rings. The largest absolute Gasteiger partial charge is 0.311 e. The van der Waals surface area contributed by atoms with E-state index in [1.165, 1.54) is 18.4 Å². The quantitative estimate of drug-likeness (QED) is 0.832. The SMILES string of the molecule is CCC1(CC)CNC(Cc2ccccc2)CN1. The van der Waals surface area contributed by atoms with E-state index in [1.807, 2.05) is 0 Å². The Bertz CT molecular complexity index is 320. The zero-order valence-electron chi connectivity index (χ0n) is 11.0. The Morgan fingerprint density at radius 3 is 2.41 bits per heavy atom. The van der Waals surface area contributed by atoms with Gasteiger partial charge in [-0.3, -0.25) is 0 Å². The minimum absolute atomic E-state index is 0.327. The second-order valence-electron chi connectivity index (χ2n) is 5.14. The Kier molecular flexibility index (Phi) is 4.19. The van der Waals surface area contributed by atoms with Crippen LogP contribution in [0.5, 0.6) is 0 Å². The maximum absolute atomic E-state index is 3.74. The van der Waals surface area contributed by atoms with Crippen molar-refractivity contribution in [2.45, 2.75) is 44.7 Å². The molecule has 2 nitrogen and oxygen atoms in total. The Hall–Kier alpha value is -0.860. The van der Waals surface area contributed by atoms with Crippen LogP contribution >= 0.6 is 0 Å². The zero-order chi connectivity index (χ0) is 12.1. The van der Waals surface area contributed by atoms with Crippen molar-refractivity contribution in [1.82, 2.24) is 10.6 Å².